The van der Waals surface area contributed by atoms with Crippen LogP contribution in [0.5, 0.6) is 0 Å². The number of hydrogen-bond donors (Lipinski definition) is 1. The minimum Gasteiger partial charge on any atom is -0.395 e. The Bertz CT molecular complexity index is 1170. The minimum absolute atomic E-state index is 0.0149. The van der Waals surface area contributed by atoms with E-state index in [0.29, 0.717) is 25.1 Å². The minimum atomic E-state index is -0.107. The standard InChI is InChI=1S/C27H26FN3O/c28-24-13-11-22(12-14-24)26-27(23-15-17-29-18-16-23)31(25(30-26)10-4-5-20-32)19-6-9-21-7-2-1-3-8-21/h1-3,7-8,11,13,15-18,32H,5-6,9,12,14,19-20H2. The fourth-order valence-electron chi connectivity index (χ4n) is 3.88. The molecule has 162 valence electrons. The van der Waals surface area contributed by atoms with E-state index in [0.717, 1.165) is 41.9 Å². The second-order valence-electron chi connectivity index (χ2n) is 7.69. The van der Waals surface area contributed by atoms with Crippen LogP contribution in [-0.2, 0) is 13.0 Å². The molecular formula is C27H26FN3O. The highest BCUT2D eigenvalue weighted by Crippen LogP contribution is 2.35. The lowest BCUT2D eigenvalue weighted by Crippen LogP contribution is -2.05. The van der Waals surface area contributed by atoms with Crippen molar-refractivity contribution < 1.29 is 9.50 Å². The molecule has 1 N–H and O–H groups in total. The number of aryl methyl sites for hydroxylation is 1. The van der Waals surface area contributed by atoms with Crippen molar-refractivity contribution in [3.05, 3.63) is 89.9 Å². The maximum Gasteiger partial charge on any atom is 0.186 e. The second-order valence-corrected chi connectivity index (χ2v) is 7.69. The summed E-state index contributed by atoms with van der Waals surface area (Å²) in [5, 5.41) is 9.16. The highest BCUT2D eigenvalue weighted by molar-refractivity contribution is 5.79. The molecule has 5 heteroatoms. The fourth-order valence-corrected chi connectivity index (χ4v) is 3.88. The van der Waals surface area contributed by atoms with Gasteiger partial charge in [-0.05, 0) is 54.5 Å². The number of imidazole rings is 1. The summed E-state index contributed by atoms with van der Waals surface area (Å²) in [6.45, 7) is 0.765. The van der Waals surface area contributed by atoms with E-state index in [1.807, 2.05) is 24.3 Å². The first kappa shape index (κ1) is 21.7. The zero-order chi connectivity index (χ0) is 22.2. The summed E-state index contributed by atoms with van der Waals surface area (Å²) in [5.41, 5.74) is 5.13. The van der Waals surface area contributed by atoms with E-state index in [-0.39, 0.29) is 12.4 Å². The molecular weight excluding hydrogens is 401 g/mol. The van der Waals surface area contributed by atoms with Crippen molar-refractivity contribution in [1.82, 2.24) is 14.5 Å². The van der Waals surface area contributed by atoms with Gasteiger partial charge in [0, 0.05) is 37.3 Å². The van der Waals surface area contributed by atoms with Gasteiger partial charge >= 0.3 is 0 Å². The van der Waals surface area contributed by atoms with Crippen LogP contribution >= 0.6 is 0 Å². The maximum atomic E-state index is 13.7. The predicted octanol–water partition coefficient (Wildman–Crippen LogP) is 5.34. The van der Waals surface area contributed by atoms with Crippen molar-refractivity contribution in [3.63, 3.8) is 0 Å². The van der Waals surface area contributed by atoms with Gasteiger partial charge in [-0.15, -0.1) is 0 Å². The topological polar surface area (TPSA) is 50.9 Å². The van der Waals surface area contributed by atoms with E-state index in [1.54, 1.807) is 12.4 Å². The Morgan fingerprint density at radius 1 is 1.03 bits per heavy atom. The van der Waals surface area contributed by atoms with E-state index in [4.69, 9.17) is 10.1 Å². The van der Waals surface area contributed by atoms with Crippen LogP contribution < -0.4 is 0 Å². The number of aliphatic hydroxyl groups excluding tert-OH is 1. The summed E-state index contributed by atoms with van der Waals surface area (Å²) < 4.78 is 15.8. The zero-order valence-corrected chi connectivity index (χ0v) is 18.0. The van der Waals surface area contributed by atoms with Gasteiger partial charge in [0.15, 0.2) is 5.82 Å². The Morgan fingerprint density at radius 2 is 1.84 bits per heavy atom. The number of hydrogen-bond acceptors (Lipinski definition) is 3. The van der Waals surface area contributed by atoms with Gasteiger partial charge in [-0.2, -0.15) is 0 Å². The summed E-state index contributed by atoms with van der Waals surface area (Å²) in [7, 11) is 0. The lowest BCUT2D eigenvalue weighted by Gasteiger charge is -2.14. The van der Waals surface area contributed by atoms with Gasteiger partial charge in [0.05, 0.1) is 18.0 Å². The van der Waals surface area contributed by atoms with Crippen LogP contribution in [0, 0.1) is 11.8 Å². The van der Waals surface area contributed by atoms with Crippen molar-refractivity contribution >= 4 is 5.57 Å². The summed E-state index contributed by atoms with van der Waals surface area (Å²) in [6.07, 6.45) is 10.2. The molecule has 0 aliphatic heterocycles. The largest absolute Gasteiger partial charge is 0.395 e. The number of aliphatic hydroxyl groups is 1. The number of nitrogens with zero attached hydrogens (tertiary/aromatic N) is 3. The molecule has 0 unspecified atom stereocenters. The number of aromatic nitrogens is 3. The molecule has 3 aromatic rings. The smallest absolute Gasteiger partial charge is 0.186 e. The van der Waals surface area contributed by atoms with Crippen molar-refractivity contribution in [2.45, 2.75) is 38.6 Å². The average molecular weight is 428 g/mol. The average Bonchev–Trinajstić information content (AvgIpc) is 3.19. The first-order chi connectivity index (χ1) is 15.8. The van der Waals surface area contributed by atoms with Crippen molar-refractivity contribution in [3.8, 4) is 23.1 Å². The normalized spacial score (nSPS) is 13.2. The quantitative estimate of drug-likeness (QED) is 0.518. The van der Waals surface area contributed by atoms with Gasteiger partial charge in [0.1, 0.15) is 5.83 Å². The zero-order valence-electron chi connectivity index (χ0n) is 18.0. The lowest BCUT2D eigenvalue weighted by molar-refractivity contribution is 0.305. The monoisotopic (exact) mass is 427 g/mol. The van der Waals surface area contributed by atoms with Gasteiger partial charge in [-0.25, -0.2) is 9.37 Å². The van der Waals surface area contributed by atoms with Gasteiger partial charge in [0.2, 0.25) is 0 Å². The Balaban J connectivity index is 1.76. The third-order valence-electron chi connectivity index (χ3n) is 5.45. The molecule has 0 atom stereocenters. The number of halogens is 1. The van der Waals surface area contributed by atoms with Crippen molar-refractivity contribution in [1.29, 1.82) is 0 Å². The van der Waals surface area contributed by atoms with E-state index in [1.165, 1.54) is 11.6 Å². The summed E-state index contributed by atoms with van der Waals surface area (Å²) in [4.78, 5) is 9.06. The van der Waals surface area contributed by atoms with Crippen LogP contribution in [0.25, 0.3) is 16.8 Å². The highest BCUT2D eigenvalue weighted by Gasteiger charge is 2.22. The number of rotatable bonds is 7. The van der Waals surface area contributed by atoms with E-state index in [9.17, 15) is 4.39 Å². The molecule has 1 aliphatic carbocycles. The molecule has 4 nitrogen and oxygen atoms in total. The molecule has 0 saturated carbocycles. The molecule has 32 heavy (non-hydrogen) atoms. The number of benzene rings is 1. The van der Waals surface area contributed by atoms with Gasteiger partial charge < -0.3 is 9.67 Å². The predicted molar refractivity (Wildman–Crippen MR) is 125 cm³/mol. The van der Waals surface area contributed by atoms with Crippen molar-refractivity contribution in [2.24, 2.45) is 0 Å². The molecule has 2 heterocycles. The molecule has 0 spiro atoms. The molecule has 4 rings (SSSR count). The Labute approximate surface area is 188 Å². The summed E-state index contributed by atoms with van der Waals surface area (Å²) >= 11 is 0. The highest BCUT2D eigenvalue weighted by atomic mass is 19.1. The van der Waals surface area contributed by atoms with Crippen LogP contribution in [0.3, 0.4) is 0 Å². The number of allylic oxidation sites excluding steroid dienone is 4. The van der Waals surface area contributed by atoms with Crippen LogP contribution in [0.1, 0.15) is 42.8 Å². The second kappa shape index (κ2) is 10.7. The molecule has 0 radical (unpaired) electrons. The molecule has 2 aromatic heterocycles. The molecule has 0 bridgehead atoms. The Hall–Kier alpha value is -3.49. The molecule has 1 aliphatic rings. The first-order valence-corrected chi connectivity index (χ1v) is 11.0. The molecule has 0 amide bonds. The fraction of sp³-hybridized carbons (Fsp3) is 0.259. The van der Waals surface area contributed by atoms with Gasteiger partial charge in [-0.3, -0.25) is 4.98 Å². The van der Waals surface area contributed by atoms with E-state index < -0.39 is 0 Å². The van der Waals surface area contributed by atoms with Gasteiger partial charge in [0.25, 0.3) is 0 Å². The Morgan fingerprint density at radius 3 is 2.56 bits per heavy atom. The van der Waals surface area contributed by atoms with Gasteiger partial charge in [-0.1, -0.05) is 42.3 Å². The third kappa shape index (κ3) is 5.22. The summed E-state index contributed by atoms with van der Waals surface area (Å²) in [5.74, 6) is 6.73. The molecule has 0 fully saturated rings. The Kier molecular flexibility index (Phi) is 7.27. The SMILES string of the molecule is OCCC#Cc1nc(C2=CC=C(F)CC2)c(-c2ccncc2)n1CCCc1ccccc1. The first-order valence-electron chi connectivity index (χ1n) is 11.0. The van der Waals surface area contributed by atoms with Crippen molar-refractivity contribution in [2.75, 3.05) is 6.61 Å². The van der Waals surface area contributed by atoms with Crippen LogP contribution in [0.2, 0.25) is 0 Å². The number of pyridine rings is 1. The third-order valence-corrected chi connectivity index (χ3v) is 5.45. The van der Waals surface area contributed by atoms with Crippen LogP contribution in [0.15, 0.2) is 72.8 Å². The van der Waals surface area contributed by atoms with Crippen LogP contribution in [0.4, 0.5) is 4.39 Å². The summed E-state index contributed by atoms with van der Waals surface area (Å²) in [6, 6.07) is 14.4. The van der Waals surface area contributed by atoms with E-state index in [2.05, 4.69) is 45.7 Å². The lowest BCUT2D eigenvalue weighted by atomic mass is 9.98. The van der Waals surface area contributed by atoms with Crippen LogP contribution in [-0.4, -0.2) is 26.2 Å². The molecule has 1 aromatic carbocycles. The maximum absolute atomic E-state index is 13.7. The van der Waals surface area contributed by atoms with E-state index >= 15 is 0 Å². The molecule has 0 saturated heterocycles.